The van der Waals surface area contributed by atoms with Crippen LogP contribution in [-0.4, -0.2) is 38.8 Å². The van der Waals surface area contributed by atoms with Crippen molar-refractivity contribution < 1.29 is 22.6 Å². The second-order valence-electron chi connectivity index (χ2n) is 3.13. The maximum atomic E-state index is 11.5. The van der Waals surface area contributed by atoms with Gasteiger partial charge >= 0.3 is 6.36 Å². The van der Waals surface area contributed by atoms with Crippen LogP contribution < -0.4 is 5.32 Å². The highest BCUT2D eigenvalue weighted by atomic mass is 19.4. The van der Waals surface area contributed by atoms with Crippen molar-refractivity contribution >= 4 is 0 Å². The van der Waals surface area contributed by atoms with Crippen LogP contribution in [0.25, 0.3) is 0 Å². The molecule has 3 nitrogen and oxygen atoms in total. The van der Waals surface area contributed by atoms with Gasteiger partial charge in [-0.3, -0.25) is 4.74 Å². The quantitative estimate of drug-likeness (QED) is 0.698. The summed E-state index contributed by atoms with van der Waals surface area (Å²) in [5.74, 6) is 0. The first-order valence-electron chi connectivity index (χ1n) is 4.61. The molecule has 0 aromatic heterocycles. The van der Waals surface area contributed by atoms with Crippen LogP contribution in [0.3, 0.4) is 0 Å². The summed E-state index contributed by atoms with van der Waals surface area (Å²) >= 11 is 0. The number of hydrogen-bond acceptors (Lipinski definition) is 3. The van der Waals surface area contributed by atoms with Crippen molar-refractivity contribution in [1.82, 2.24) is 5.32 Å². The summed E-state index contributed by atoms with van der Waals surface area (Å²) in [4.78, 5) is 0. The molecule has 0 saturated carbocycles. The van der Waals surface area contributed by atoms with Crippen molar-refractivity contribution in [2.45, 2.75) is 25.3 Å². The van der Waals surface area contributed by atoms with Gasteiger partial charge in [-0.15, -0.1) is 13.2 Å². The average Bonchev–Trinajstić information content (AvgIpc) is 2.54. The maximum Gasteiger partial charge on any atom is 0.522 e. The summed E-state index contributed by atoms with van der Waals surface area (Å²) in [5, 5.41) is 2.85. The van der Waals surface area contributed by atoms with Gasteiger partial charge in [0.1, 0.15) is 0 Å². The van der Waals surface area contributed by atoms with Crippen LogP contribution in [0, 0.1) is 0 Å². The first-order chi connectivity index (χ1) is 6.58. The van der Waals surface area contributed by atoms with E-state index in [1.165, 1.54) is 0 Å². The summed E-state index contributed by atoms with van der Waals surface area (Å²) in [6.45, 7) is 1.20. The highest BCUT2D eigenvalue weighted by molar-refractivity contribution is 4.66. The second-order valence-corrected chi connectivity index (χ2v) is 3.13. The zero-order valence-electron chi connectivity index (χ0n) is 7.77. The molecule has 1 heterocycles. The lowest BCUT2D eigenvalue weighted by Gasteiger charge is -2.11. The van der Waals surface area contributed by atoms with Crippen LogP contribution in [0.2, 0.25) is 0 Å². The van der Waals surface area contributed by atoms with Gasteiger partial charge in [0.2, 0.25) is 0 Å². The number of alkyl halides is 3. The Hall–Kier alpha value is -0.330. The first kappa shape index (κ1) is 11.7. The fraction of sp³-hybridized carbons (Fsp3) is 1.00. The molecule has 0 aliphatic carbocycles. The highest BCUT2D eigenvalue weighted by Gasteiger charge is 2.28. The molecule has 1 unspecified atom stereocenters. The minimum absolute atomic E-state index is 0.154. The number of hydrogen-bond donors (Lipinski definition) is 1. The molecule has 14 heavy (non-hydrogen) atoms. The van der Waals surface area contributed by atoms with Gasteiger partial charge < -0.3 is 10.1 Å². The van der Waals surface area contributed by atoms with Crippen molar-refractivity contribution in [3.8, 4) is 0 Å². The molecule has 1 aliphatic rings. The van der Waals surface area contributed by atoms with Crippen molar-refractivity contribution in [1.29, 1.82) is 0 Å². The molecular formula is C8H14F3NO2. The van der Waals surface area contributed by atoms with Crippen molar-refractivity contribution in [3.05, 3.63) is 0 Å². The third kappa shape index (κ3) is 5.41. The van der Waals surface area contributed by atoms with E-state index in [9.17, 15) is 13.2 Å². The fourth-order valence-electron chi connectivity index (χ4n) is 1.31. The van der Waals surface area contributed by atoms with Crippen molar-refractivity contribution in [2.75, 3.05) is 26.3 Å². The maximum absolute atomic E-state index is 11.5. The summed E-state index contributed by atoms with van der Waals surface area (Å²) < 4.78 is 43.4. The van der Waals surface area contributed by atoms with Gasteiger partial charge in [0.15, 0.2) is 0 Å². The molecule has 0 bridgehead atoms. The number of ether oxygens (including phenoxy) is 2. The summed E-state index contributed by atoms with van der Waals surface area (Å²) in [7, 11) is 0. The van der Waals surface area contributed by atoms with E-state index in [-0.39, 0.29) is 19.3 Å². The number of nitrogens with one attached hydrogen (secondary N) is 1. The molecule has 0 aromatic rings. The van der Waals surface area contributed by atoms with Gasteiger partial charge in [0.25, 0.3) is 0 Å². The Morgan fingerprint density at radius 1 is 1.43 bits per heavy atom. The van der Waals surface area contributed by atoms with E-state index in [1.807, 2.05) is 0 Å². The predicted octanol–water partition coefficient (Wildman–Crippen LogP) is 1.29. The van der Waals surface area contributed by atoms with Crippen LogP contribution in [-0.2, 0) is 9.47 Å². The second kappa shape index (κ2) is 5.53. The first-order valence-corrected chi connectivity index (χ1v) is 4.61. The lowest BCUT2D eigenvalue weighted by atomic mass is 10.2. The Labute approximate surface area is 80.6 Å². The average molecular weight is 213 g/mol. The summed E-state index contributed by atoms with van der Waals surface area (Å²) in [5.41, 5.74) is 0. The van der Waals surface area contributed by atoms with E-state index < -0.39 is 6.36 Å². The third-order valence-electron chi connectivity index (χ3n) is 1.94. The van der Waals surface area contributed by atoms with E-state index >= 15 is 0 Å². The molecule has 1 N–H and O–H groups in total. The Kier molecular flexibility index (Phi) is 4.64. The fourth-order valence-corrected chi connectivity index (χ4v) is 1.31. The van der Waals surface area contributed by atoms with E-state index in [0.29, 0.717) is 6.54 Å². The SMILES string of the molecule is FC(F)(F)OCCNCC1CCCO1. The number of rotatable bonds is 5. The van der Waals surface area contributed by atoms with E-state index in [4.69, 9.17) is 4.74 Å². The third-order valence-corrected chi connectivity index (χ3v) is 1.94. The van der Waals surface area contributed by atoms with Crippen LogP contribution >= 0.6 is 0 Å². The van der Waals surface area contributed by atoms with Gasteiger partial charge in [-0.25, -0.2) is 0 Å². The molecule has 1 rings (SSSR count). The van der Waals surface area contributed by atoms with Gasteiger partial charge in [0, 0.05) is 19.7 Å². The lowest BCUT2D eigenvalue weighted by molar-refractivity contribution is -0.323. The Bertz CT molecular complexity index is 157. The molecule has 1 aliphatic heterocycles. The van der Waals surface area contributed by atoms with E-state index in [1.54, 1.807) is 0 Å². The monoisotopic (exact) mass is 213 g/mol. The minimum atomic E-state index is -4.52. The van der Waals surface area contributed by atoms with Gasteiger partial charge in [-0.1, -0.05) is 0 Å². The summed E-state index contributed by atoms with van der Waals surface area (Å²) in [6, 6.07) is 0. The van der Waals surface area contributed by atoms with E-state index in [2.05, 4.69) is 10.1 Å². The summed E-state index contributed by atoms with van der Waals surface area (Å²) in [6.07, 6.45) is -2.36. The zero-order chi connectivity index (χ0) is 10.4. The van der Waals surface area contributed by atoms with E-state index in [0.717, 1.165) is 19.4 Å². The van der Waals surface area contributed by atoms with Gasteiger partial charge in [-0.05, 0) is 12.8 Å². The van der Waals surface area contributed by atoms with Crippen LogP contribution in [0.4, 0.5) is 13.2 Å². The molecule has 0 radical (unpaired) electrons. The number of halogens is 3. The topological polar surface area (TPSA) is 30.5 Å². The molecule has 6 heteroatoms. The standard InChI is InChI=1S/C8H14F3NO2/c9-8(10,11)14-5-3-12-6-7-2-1-4-13-7/h7,12H,1-6H2. The Balaban J connectivity index is 1.89. The molecule has 0 spiro atoms. The van der Waals surface area contributed by atoms with Crippen LogP contribution in [0.5, 0.6) is 0 Å². The normalized spacial score (nSPS) is 22.9. The smallest absolute Gasteiger partial charge is 0.377 e. The van der Waals surface area contributed by atoms with Crippen LogP contribution in [0.15, 0.2) is 0 Å². The van der Waals surface area contributed by atoms with Gasteiger partial charge in [0.05, 0.1) is 12.7 Å². The molecule has 84 valence electrons. The predicted molar refractivity (Wildman–Crippen MR) is 43.9 cm³/mol. The minimum Gasteiger partial charge on any atom is -0.377 e. The molecular weight excluding hydrogens is 199 g/mol. The van der Waals surface area contributed by atoms with Gasteiger partial charge in [-0.2, -0.15) is 0 Å². The van der Waals surface area contributed by atoms with Crippen LogP contribution in [0.1, 0.15) is 12.8 Å². The highest BCUT2D eigenvalue weighted by Crippen LogP contribution is 2.15. The van der Waals surface area contributed by atoms with Crippen molar-refractivity contribution in [2.24, 2.45) is 0 Å². The largest absolute Gasteiger partial charge is 0.522 e. The Morgan fingerprint density at radius 2 is 2.21 bits per heavy atom. The van der Waals surface area contributed by atoms with Crippen molar-refractivity contribution in [3.63, 3.8) is 0 Å². The lowest BCUT2D eigenvalue weighted by Crippen LogP contribution is -2.30. The Morgan fingerprint density at radius 3 is 2.79 bits per heavy atom. The molecule has 0 amide bonds. The molecule has 1 saturated heterocycles. The molecule has 1 fully saturated rings. The molecule has 1 atom stereocenters. The zero-order valence-corrected chi connectivity index (χ0v) is 7.77. The molecule has 0 aromatic carbocycles.